The molecule has 0 unspecified atom stereocenters. The van der Waals surface area contributed by atoms with E-state index >= 15 is 0 Å². The number of nitrogens with zero attached hydrogens (tertiary/aromatic N) is 1. The van der Waals surface area contributed by atoms with E-state index < -0.39 is 18.2 Å². The van der Waals surface area contributed by atoms with Crippen molar-refractivity contribution in [2.45, 2.75) is 25.3 Å². The van der Waals surface area contributed by atoms with Gasteiger partial charge in [-0.3, -0.25) is 4.79 Å². The Morgan fingerprint density at radius 1 is 0.870 bits per heavy atom. The maximum Gasteiger partial charge on any atom is 0.336 e. The molecule has 0 aromatic heterocycles. The average Bonchev–Trinajstić information content (AvgIpc) is 3.36. The average molecular weight is 311 g/mol. The Balaban J connectivity index is 1.76. The van der Waals surface area contributed by atoms with Gasteiger partial charge in [0, 0.05) is 13.1 Å². The summed E-state index contributed by atoms with van der Waals surface area (Å²) in [5.41, 5.74) is 1.98. The quantitative estimate of drug-likeness (QED) is 0.829. The summed E-state index contributed by atoms with van der Waals surface area (Å²) in [6.07, 6.45) is -1.89. The van der Waals surface area contributed by atoms with Crippen LogP contribution in [0.25, 0.3) is 0 Å². The van der Waals surface area contributed by atoms with Gasteiger partial charge in [0.05, 0.1) is 0 Å². The van der Waals surface area contributed by atoms with Crippen LogP contribution in [0, 0.1) is 0 Å². The van der Waals surface area contributed by atoms with Crippen LogP contribution in [-0.4, -0.2) is 34.1 Å². The van der Waals surface area contributed by atoms with Crippen LogP contribution < -0.4 is 0 Å². The Morgan fingerprint density at radius 2 is 1.35 bits per heavy atom. The lowest BCUT2D eigenvalue weighted by atomic mass is 10.1. The lowest BCUT2D eigenvalue weighted by Crippen LogP contribution is -2.35. The van der Waals surface area contributed by atoms with Gasteiger partial charge in [0.1, 0.15) is 0 Å². The van der Waals surface area contributed by atoms with Crippen LogP contribution in [0.1, 0.15) is 11.1 Å². The van der Waals surface area contributed by atoms with Crippen LogP contribution in [0.5, 0.6) is 0 Å². The molecule has 0 bridgehead atoms. The Bertz CT molecular complexity index is 645. The van der Waals surface area contributed by atoms with E-state index in [4.69, 9.17) is 9.84 Å². The molecule has 1 aliphatic rings. The van der Waals surface area contributed by atoms with Crippen molar-refractivity contribution in [2.24, 2.45) is 0 Å². The molecule has 2 aromatic rings. The summed E-state index contributed by atoms with van der Waals surface area (Å²) in [5.74, 6) is -1.38. The van der Waals surface area contributed by atoms with Crippen LogP contribution in [0.4, 0.5) is 0 Å². The Hall–Kier alpha value is -2.66. The highest BCUT2D eigenvalue weighted by Crippen LogP contribution is 2.26. The number of aliphatic carboxylic acids is 1. The van der Waals surface area contributed by atoms with E-state index in [-0.39, 0.29) is 5.91 Å². The Kier molecular flexibility index (Phi) is 4.39. The molecule has 23 heavy (non-hydrogen) atoms. The number of benzene rings is 2. The van der Waals surface area contributed by atoms with Crippen LogP contribution in [0.2, 0.25) is 0 Å². The van der Waals surface area contributed by atoms with Gasteiger partial charge in [-0.1, -0.05) is 60.7 Å². The van der Waals surface area contributed by atoms with Crippen molar-refractivity contribution >= 4 is 11.9 Å². The van der Waals surface area contributed by atoms with Crippen LogP contribution in [0.15, 0.2) is 60.7 Å². The van der Waals surface area contributed by atoms with Gasteiger partial charge in [0.2, 0.25) is 0 Å². The molecule has 5 nitrogen and oxygen atoms in total. The second-order valence-electron chi connectivity index (χ2n) is 5.48. The maximum atomic E-state index is 12.6. The molecule has 1 fully saturated rings. The largest absolute Gasteiger partial charge is 0.479 e. The van der Waals surface area contributed by atoms with Gasteiger partial charge in [0.15, 0.2) is 12.2 Å². The van der Waals surface area contributed by atoms with Crippen molar-refractivity contribution in [3.63, 3.8) is 0 Å². The summed E-state index contributed by atoms with van der Waals surface area (Å²) < 4.78 is 5.01. The first-order chi connectivity index (χ1) is 11.1. The van der Waals surface area contributed by atoms with E-state index in [1.165, 1.54) is 0 Å². The van der Waals surface area contributed by atoms with Crippen LogP contribution >= 0.6 is 0 Å². The van der Waals surface area contributed by atoms with E-state index in [0.29, 0.717) is 13.1 Å². The number of carboxylic acids is 1. The standard InChI is InChI=1S/C18H17NO4/c20-17(15-16(23-15)18(21)22)19(11-13-7-3-1-4-8-13)12-14-9-5-2-6-10-14/h1-10,15-16H,11-12H2,(H,21,22)/t15-,16+/m1/s1. The summed E-state index contributed by atoms with van der Waals surface area (Å²) >= 11 is 0. The molecule has 1 N–H and O–H groups in total. The molecule has 5 heteroatoms. The summed E-state index contributed by atoms with van der Waals surface area (Å²) in [6.45, 7) is 0.835. The van der Waals surface area contributed by atoms with Gasteiger partial charge in [-0.05, 0) is 11.1 Å². The molecular weight excluding hydrogens is 294 g/mol. The number of hydrogen-bond acceptors (Lipinski definition) is 3. The SMILES string of the molecule is O=C(O)[C@H]1O[C@H]1C(=O)N(Cc1ccccc1)Cc1ccccc1. The van der Waals surface area contributed by atoms with Crippen LogP contribution in [-0.2, 0) is 27.4 Å². The zero-order chi connectivity index (χ0) is 16.2. The summed E-state index contributed by atoms with van der Waals surface area (Å²) in [7, 11) is 0. The van der Waals surface area contributed by atoms with Crippen molar-refractivity contribution in [1.29, 1.82) is 0 Å². The second-order valence-corrected chi connectivity index (χ2v) is 5.48. The van der Waals surface area contributed by atoms with E-state index in [2.05, 4.69) is 0 Å². The lowest BCUT2D eigenvalue weighted by molar-refractivity contribution is -0.139. The predicted molar refractivity (Wildman–Crippen MR) is 83.4 cm³/mol. The smallest absolute Gasteiger partial charge is 0.336 e. The molecular formula is C18H17NO4. The molecule has 1 heterocycles. The normalized spacial score (nSPS) is 19.1. The Morgan fingerprint density at radius 3 is 1.74 bits per heavy atom. The van der Waals surface area contributed by atoms with E-state index in [0.717, 1.165) is 11.1 Å². The number of hydrogen-bond donors (Lipinski definition) is 1. The molecule has 0 aliphatic carbocycles. The van der Waals surface area contributed by atoms with Gasteiger partial charge in [0.25, 0.3) is 5.91 Å². The van der Waals surface area contributed by atoms with Crippen molar-refractivity contribution in [3.05, 3.63) is 71.8 Å². The maximum absolute atomic E-state index is 12.6. The number of ether oxygens (including phenoxy) is 1. The van der Waals surface area contributed by atoms with Gasteiger partial charge < -0.3 is 14.7 Å². The van der Waals surface area contributed by atoms with E-state index in [1.54, 1.807) is 4.90 Å². The van der Waals surface area contributed by atoms with Gasteiger partial charge in [-0.25, -0.2) is 4.79 Å². The first kappa shape index (κ1) is 15.2. The highest BCUT2D eigenvalue weighted by Gasteiger charge is 2.52. The Labute approximate surface area is 134 Å². The van der Waals surface area contributed by atoms with Crippen molar-refractivity contribution in [1.82, 2.24) is 4.90 Å². The molecule has 1 aliphatic heterocycles. The molecule has 0 radical (unpaired) electrons. The third-order valence-electron chi connectivity index (χ3n) is 3.72. The number of epoxide rings is 1. The van der Waals surface area contributed by atoms with Crippen LogP contribution in [0.3, 0.4) is 0 Å². The van der Waals surface area contributed by atoms with Gasteiger partial charge in [-0.15, -0.1) is 0 Å². The highest BCUT2D eigenvalue weighted by molar-refractivity contribution is 5.92. The number of amides is 1. The first-order valence-electron chi connectivity index (χ1n) is 7.40. The summed E-state index contributed by atoms with van der Waals surface area (Å²) in [4.78, 5) is 25.1. The molecule has 2 aromatic carbocycles. The third-order valence-corrected chi connectivity index (χ3v) is 3.72. The zero-order valence-corrected chi connectivity index (χ0v) is 12.5. The predicted octanol–water partition coefficient (Wildman–Crippen LogP) is 2.07. The first-order valence-corrected chi connectivity index (χ1v) is 7.40. The highest BCUT2D eigenvalue weighted by atomic mass is 16.6. The molecule has 3 rings (SSSR count). The minimum Gasteiger partial charge on any atom is -0.479 e. The zero-order valence-electron chi connectivity index (χ0n) is 12.5. The monoisotopic (exact) mass is 311 g/mol. The minimum atomic E-state index is -1.09. The summed E-state index contributed by atoms with van der Waals surface area (Å²) in [5, 5.41) is 8.94. The number of carbonyl (C=O) groups is 2. The van der Waals surface area contributed by atoms with Crippen molar-refractivity contribution < 1.29 is 19.4 Å². The fourth-order valence-corrected chi connectivity index (χ4v) is 2.49. The van der Waals surface area contributed by atoms with E-state index in [9.17, 15) is 9.59 Å². The summed E-state index contributed by atoms with van der Waals surface area (Å²) in [6, 6.07) is 19.2. The van der Waals surface area contributed by atoms with Gasteiger partial charge in [-0.2, -0.15) is 0 Å². The second kappa shape index (κ2) is 6.62. The van der Waals surface area contributed by atoms with E-state index in [1.807, 2.05) is 60.7 Å². The fourth-order valence-electron chi connectivity index (χ4n) is 2.49. The molecule has 118 valence electrons. The van der Waals surface area contributed by atoms with Gasteiger partial charge >= 0.3 is 5.97 Å². The van der Waals surface area contributed by atoms with Crippen molar-refractivity contribution in [3.8, 4) is 0 Å². The molecule has 0 saturated carbocycles. The lowest BCUT2D eigenvalue weighted by Gasteiger charge is -2.22. The molecule has 0 spiro atoms. The number of rotatable bonds is 6. The molecule has 2 atom stereocenters. The third kappa shape index (κ3) is 3.76. The molecule has 1 saturated heterocycles. The minimum absolute atomic E-state index is 0.287. The number of carboxylic acid groups (broad SMARTS) is 1. The van der Waals surface area contributed by atoms with Crippen molar-refractivity contribution in [2.75, 3.05) is 0 Å². The molecule has 1 amide bonds. The fraction of sp³-hybridized carbons (Fsp3) is 0.222. The number of carbonyl (C=O) groups excluding carboxylic acids is 1. The topological polar surface area (TPSA) is 70.1 Å².